The van der Waals surface area contributed by atoms with Gasteiger partial charge in [-0.2, -0.15) is 5.10 Å². The zero-order valence-corrected chi connectivity index (χ0v) is 16.5. The third-order valence-electron chi connectivity index (χ3n) is 5.41. The smallest absolute Gasteiger partial charge is 0.165 e. The van der Waals surface area contributed by atoms with Gasteiger partial charge < -0.3 is 10.2 Å². The molecule has 4 rings (SSSR count). The minimum atomic E-state index is -0.236. The second kappa shape index (κ2) is 8.69. The molecule has 3 aromatic rings. The first kappa shape index (κ1) is 18.9. The van der Waals surface area contributed by atoms with E-state index in [1.165, 1.54) is 32.4 Å². The Morgan fingerprint density at radius 3 is 2.79 bits per heavy atom. The fourth-order valence-electron chi connectivity index (χ4n) is 3.91. The molecule has 1 aliphatic rings. The van der Waals surface area contributed by atoms with Gasteiger partial charge in [-0.15, -0.1) is 0 Å². The van der Waals surface area contributed by atoms with Gasteiger partial charge in [-0.25, -0.2) is 13.9 Å². The third kappa shape index (κ3) is 4.17. The molecule has 0 aliphatic carbocycles. The molecule has 0 saturated carbocycles. The van der Waals surface area contributed by atoms with Crippen LogP contribution in [0.25, 0.3) is 16.8 Å². The molecule has 1 N–H and O–H groups in total. The molecular weight excluding hydrogens is 353 g/mol. The largest absolute Gasteiger partial charge is 0.369 e. The van der Waals surface area contributed by atoms with Crippen LogP contribution in [0.4, 0.5) is 10.2 Å². The number of anilines is 1. The van der Waals surface area contributed by atoms with Crippen LogP contribution in [0.3, 0.4) is 0 Å². The fraction of sp³-hybridized carbons (Fsp3) is 0.455. The van der Waals surface area contributed by atoms with Gasteiger partial charge in [-0.1, -0.05) is 25.8 Å². The first-order chi connectivity index (χ1) is 13.7. The van der Waals surface area contributed by atoms with Gasteiger partial charge >= 0.3 is 0 Å². The topological polar surface area (TPSA) is 45.5 Å². The summed E-state index contributed by atoms with van der Waals surface area (Å²) in [4.78, 5) is 7.21. The summed E-state index contributed by atoms with van der Waals surface area (Å²) in [7, 11) is 0. The average molecular weight is 381 g/mol. The highest BCUT2D eigenvalue weighted by molar-refractivity contribution is 5.78. The number of piperidine rings is 1. The van der Waals surface area contributed by atoms with Crippen molar-refractivity contribution < 1.29 is 4.39 Å². The summed E-state index contributed by atoms with van der Waals surface area (Å²) in [5.74, 6) is 0.566. The second-order valence-corrected chi connectivity index (χ2v) is 7.53. The molecular formula is C22H28FN5. The fourth-order valence-corrected chi connectivity index (χ4v) is 3.91. The normalized spacial score (nSPS) is 15.2. The summed E-state index contributed by atoms with van der Waals surface area (Å²) in [6, 6.07) is 7.25. The van der Waals surface area contributed by atoms with Crippen molar-refractivity contribution in [3.63, 3.8) is 0 Å². The molecule has 1 saturated heterocycles. The zero-order valence-electron chi connectivity index (χ0n) is 16.5. The van der Waals surface area contributed by atoms with E-state index in [1.807, 2.05) is 24.4 Å². The van der Waals surface area contributed by atoms with Crippen LogP contribution >= 0.6 is 0 Å². The molecule has 0 radical (unpaired) electrons. The number of nitrogens with one attached hydrogen (secondary N) is 1. The number of hydrogen-bond acceptors (Lipinski definition) is 4. The molecule has 0 unspecified atom stereocenters. The van der Waals surface area contributed by atoms with Crippen molar-refractivity contribution in [1.29, 1.82) is 0 Å². The van der Waals surface area contributed by atoms with Gasteiger partial charge in [0.05, 0.1) is 6.20 Å². The Kier molecular flexibility index (Phi) is 5.86. The highest BCUT2D eigenvalue weighted by Crippen LogP contribution is 2.28. The molecule has 6 heteroatoms. The minimum absolute atomic E-state index is 0.236. The number of fused-ring (bicyclic) bond motifs is 1. The summed E-state index contributed by atoms with van der Waals surface area (Å²) in [5.41, 5.74) is 3.11. The summed E-state index contributed by atoms with van der Waals surface area (Å²) < 4.78 is 16.2. The molecule has 2 aromatic heterocycles. The van der Waals surface area contributed by atoms with Crippen LogP contribution < -0.4 is 5.32 Å². The lowest BCUT2D eigenvalue weighted by Gasteiger charge is -2.26. The zero-order chi connectivity index (χ0) is 19.3. The molecule has 28 heavy (non-hydrogen) atoms. The van der Waals surface area contributed by atoms with E-state index in [0.717, 1.165) is 42.9 Å². The Morgan fingerprint density at radius 1 is 1.11 bits per heavy atom. The third-order valence-corrected chi connectivity index (χ3v) is 5.41. The van der Waals surface area contributed by atoms with E-state index < -0.39 is 0 Å². The molecule has 5 nitrogen and oxygen atoms in total. The first-order valence-electron chi connectivity index (χ1n) is 10.3. The van der Waals surface area contributed by atoms with Gasteiger partial charge in [0.25, 0.3) is 0 Å². The minimum Gasteiger partial charge on any atom is -0.369 e. The maximum absolute atomic E-state index is 14.5. The van der Waals surface area contributed by atoms with E-state index in [9.17, 15) is 4.39 Å². The maximum atomic E-state index is 14.5. The highest BCUT2D eigenvalue weighted by atomic mass is 19.1. The number of benzene rings is 1. The van der Waals surface area contributed by atoms with Crippen LogP contribution in [0.2, 0.25) is 0 Å². The molecule has 0 spiro atoms. The summed E-state index contributed by atoms with van der Waals surface area (Å²) in [6.45, 7) is 6.38. The average Bonchev–Trinajstić information content (AvgIpc) is 3.13. The van der Waals surface area contributed by atoms with Gasteiger partial charge in [0.1, 0.15) is 11.6 Å². The molecule has 3 heterocycles. The van der Waals surface area contributed by atoms with E-state index in [-0.39, 0.29) is 5.82 Å². The van der Waals surface area contributed by atoms with Crippen molar-refractivity contribution in [2.75, 3.05) is 31.5 Å². The number of hydrogen-bond donors (Lipinski definition) is 1. The van der Waals surface area contributed by atoms with E-state index >= 15 is 0 Å². The van der Waals surface area contributed by atoms with Crippen molar-refractivity contribution in [3.8, 4) is 11.1 Å². The monoisotopic (exact) mass is 381 g/mol. The number of nitrogens with zero attached hydrogens (tertiary/aromatic N) is 4. The number of aryl methyl sites for hydroxylation is 1. The molecule has 148 valence electrons. The van der Waals surface area contributed by atoms with Crippen molar-refractivity contribution in [1.82, 2.24) is 19.5 Å². The Hall–Kier alpha value is -2.47. The van der Waals surface area contributed by atoms with Crippen LogP contribution in [0.15, 0.2) is 36.7 Å². The highest BCUT2D eigenvalue weighted by Gasteiger charge is 2.14. The number of halogens is 1. The maximum Gasteiger partial charge on any atom is 0.165 e. The summed E-state index contributed by atoms with van der Waals surface area (Å²) in [5, 5.41) is 7.77. The van der Waals surface area contributed by atoms with Crippen LogP contribution in [0.1, 0.15) is 38.2 Å². The van der Waals surface area contributed by atoms with Crippen molar-refractivity contribution in [3.05, 3.63) is 48.0 Å². The van der Waals surface area contributed by atoms with E-state index in [2.05, 4.69) is 22.2 Å². The van der Waals surface area contributed by atoms with Crippen LogP contribution in [0, 0.1) is 5.82 Å². The second-order valence-electron chi connectivity index (χ2n) is 7.53. The van der Waals surface area contributed by atoms with E-state index in [4.69, 9.17) is 4.98 Å². The number of rotatable bonds is 7. The van der Waals surface area contributed by atoms with Gasteiger partial charge in [-0.05, 0) is 56.1 Å². The lowest BCUT2D eigenvalue weighted by molar-refractivity contribution is 0.237. The predicted molar refractivity (Wildman–Crippen MR) is 111 cm³/mol. The van der Waals surface area contributed by atoms with E-state index in [1.54, 1.807) is 16.8 Å². The van der Waals surface area contributed by atoms with Gasteiger partial charge in [0.15, 0.2) is 5.65 Å². The Bertz CT molecular complexity index is 930. The Labute approximate surface area is 165 Å². The van der Waals surface area contributed by atoms with Crippen molar-refractivity contribution >= 4 is 11.5 Å². The number of likely N-dealkylation sites (tertiary alicyclic amines) is 1. The molecule has 1 aromatic carbocycles. The predicted octanol–water partition coefficient (Wildman–Crippen LogP) is 4.39. The standard InChI is InChI=1S/C22H28FN5/c1-2-6-17-7-8-20(23)18(15-17)19-16-25-28-13-9-21(26-22(19)28)24-10-14-27-11-4-3-5-12-27/h7-9,13,15-16H,2-6,10-12,14H2,1H3,(H,24,26). The van der Waals surface area contributed by atoms with Gasteiger partial charge in [0, 0.05) is 30.4 Å². The molecule has 1 fully saturated rings. The molecule has 0 atom stereocenters. The van der Waals surface area contributed by atoms with Crippen LogP contribution in [-0.4, -0.2) is 45.7 Å². The van der Waals surface area contributed by atoms with E-state index in [0.29, 0.717) is 11.2 Å². The van der Waals surface area contributed by atoms with Crippen molar-refractivity contribution in [2.45, 2.75) is 39.0 Å². The SMILES string of the molecule is CCCc1ccc(F)c(-c2cnn3ccc(NCCN4CCCCC4)nc23)c1. The Morgan fingerprint density at radius 2 is 1.96 bits per heavy atom. The summed E-state index contributed by atoms with van der Waals surface area (Å²) in [6.07, 6.45) is 9.49. The van der Waals surface area contributed by atoms with Gasteiger partial charge in [0.2, 0.25) is 0 Å². The molecule has 0 amide bonds. The van der Waals surface area contributed by atoms with Crippen LogP contribution in [0.5, 0.6) is 0 Å². The summed E-state index contributed by atoms with van der Waals surface area (Å²) >= 11 is 0. The quantitative estimate of drug-likeness (QED) is 0.659. The van der Waals surface area contributed by atoms with Crippen LogP contribution in [-0.2, 0) is 6.42 Å². The lowest BCUT2D eigenvalue weighted by Crippen LogP contribution is -2.33. The lowest BCUT2D eigenvalue weighted by atomic mass is 10.0. The number of aromatic nitrogens is 3. The first-order valence-corrected chi connectivity index (χ1v) is 10.3. The Balaban J connectivity index is 1.54. The van der Waals surface area contributed by atoms with Crippen molar-refractivity contribution in [2.24, 2.45) is 0 Å². The van der Waals surface area contributed by atoms with Gasteiger partial charge in [-0.3, -0.25) is 0 Å². The molecule has 1 aliphatic heterocycles. The molecule has 0 bridgehead atoms.